The highest BCUT2D eigenvalue weighted by atomic mass is 16.5. The van der Waals surface area contributed by atoms with Gasteiger partial charge in [0, 0.05) is 44.5 Å². The van der Waals surface area contributed by atoms with E-state index in [1.54, 1.807) is 15.8 Å². The molecule has 0 aliphatic carbocycles. The molecule has 2 aliphatic rings. The van der Waals surface area contributed by atoms with Crippen LogP contribution < -0.4 is 4.90 Å². The van der Waals surface area contributed by atoms with Crippen molar-refractivity contribution in [2.45, 2.75) is 32.4 Å². The minimum absolute atomic E-state index is 0.147. The molecule has 0 unspecified atom stereocenters. The highest BCUT2D eigenvalue weighted by Gasteiger charge is 2.29. The van der Waals surface area contributed by atoms with Crippen molar-refractivity contribution >= 4 is 22.9 Å². The van der Waals surface area contributed by atoms with Crippen molar-refractivity contribution in [3.8, 4) is 17.1 Å². The smallest absolute Gasteiger partial charge is 0.289 e. The maximum atomic E-state index is 13.5. The molecule has 0 spiro atoms. The van der Waals surface area contributed by atoms with Gasteiger partial charge in [0.1, 0.15) is 0 Å². The molecule has 6 rings (SSSR count). The summed E-state index contributed by atoms with van der Waals surface area (Å²) in [5.41, 5.74) is 3.22. The maximum absolute atomic E-state index is 13.5. The molecule has 2 aliphatic heterocycles. The Morgan fingerprint density at radius 1 is 1.03 bits per heavy atom. The third-order valence-corrected chi connectivity index (χ3v) is 7.03. The number of benzene rings is 1. The first-order valence-electron chi connectivity index (χ1n) is 12.8. The molecule has 4 aromatic rings. The van der Waals surface area contributed by atoms with Crippen LogP contribution in [-0.4, -0.2) is 90.7 Å². The molecule has 1 N–H and O–H groups in total. The lowest BCUT2D eigenvalue weighted by atomic mass is 10.1. The van der Waals surface area contributed by atoms with Gasteiger partial charge in [-0.2, -0.15) is 15.1 Å². The zero-order chi connectivity index (χ0) is 25.4. The number of morpholine rings is 1. The molecule has 1 aromatic carbocycles. The summed E-state index contributed by atoms with van der Waals surface area (Å²) >= 11 is 0. The fraction of sp³-hybridized carbons (Fsp3) is 0.423. The van der Waals surface area contributed by atoms with E-state index in [4.69, 9.17) is 19.7 Å². The third-order valence-electron chi connectivity index (χ3n) is 7.03. The zero-order valence-electron chi connectivity index (χ0n) is 20.8. The van der Waals surface area contributed by atoms with Gasteiger partial charge in [0.2, 0.25) is 5.82 Å². The van der Waals surface area contributed by atoms with E-state index in [9.17, 15) is 9.90 Å². The maximum Gasteiger partial charge on any atom is 0.289 e. The predicted octanol–water partition coefficient (Wildman–Crippen LogP) is 2.13. The van der Waals surface area contributed by atoms with Crippen LogP contribution in [-0.2, 0) is 11.3 Å². The van der Waals surface area contributed by atoms with Gasteiger partial charge in [0.05, 0.1) is 25.5 Å². The van der Waals surface area contributed by atoms with E-state index in [1.807, 2.05) is 48.0 Å². The first-order valence-corrected chi connectivity index (χ1v) is 12.8. The Morgan fingerprint density at radius 2 is 1.78 bits per heavy atom. The average Bonchev–Trinajstić information content (AvgIpc) is 3.59. The van der Waals surface area contributed by atoms with E-state index in [2.05, 4.69) is 10.00 Å². The van der Waals surface area contributed by atoms with E-state index in [-0.39, 0.29) is 12.0 Å². The van der Waals surface area contributed by atoms with E-state index in [0.29, 0.717) is 87.5 Å². The molecule has 3 aromatic heterocycles. The number of rotatable bonds is 5. The molecule has 11 nitrogen and oxygen atoms in total. The van der Waals surface area contributed by atoms with E-state index >= 15 is 0 Å². The van der Waals surface area contributed by atoms with E-state index < -0.39 is 0 Å². The van der Waals surface area contributed by atoms with Crippen LogP contribution in [0.4, 0.5) is 5.82 Å². The lowest BCUT2D eigenvalue weighted by Gasteiger charge is -2.29. The molecule has 0 radical (unpaired) electrons. The molecule has 2 fully saturated rings. The number of nitrogens with zero attached hydrogens (tertiary/aromatic N) is 8. The lowest BCUT2D eigenvalue weighted by molar-refractivity contribution is 0.0532. The summed E-state index contributed by atoms with van der Waals surface area (Å²) in [7, 11) is 0. The second-order valence-electron chi connectivity index (χ2n) is 9.36. The Hall–Kier alpha value is -3.83. The van der Waals surface area contributed by atoms with Crippen molar-refractivity contribution in [2.75, 3.05) is 44.3 Å². The molecule has 0 atom stereocenters. The quantitative estimate of drug-likeness (QED) is 0.442. The van der Waals surface area contributed by atoms with Gasteiger partial charge in [0.15, 0.2) is 17.0 Å². The monoisotopic (exact) mass is 502 g/mol. The number of imidazole rings is 1. The van der Waals surface area contributed by atoms with Crippen LogP contribution in [0.25, 0.3) is 28.2 Å². The Labute approximate surface area is 214 Å². The number of anilines is 1. The van der Waals surface area contributed by atoms with Crippen LogP contribution in [0.2, 0.25) is 0 Å². The van der Waals surface area contributed by atoms with Gasteiger partial charge in [-0.25, -0.2) is 9.67 Å². The molecular formula is C26H30N8O3. The van der Waals surface area contributed by atoms with Gasteiger partial charge >= 0.3 is 0 Å². The second kappa shape index (κ2) is 9.91. The number of amides is 1. The lowest BCUT2D eigenvalue weighted by Crippen LogP contribution is -2.41. The number of fused-ring (bicyclic) bond motifs is 1. The summed E-state index contributed by atoms with van der Waals surface area (Å²) in [6.45, 7) is 6.06. The molecule has 1 amide bonds. The fourth-order valence-electron chi connectivity index (χ4n) is 4.96. The average molecular weight is 503 g/mol. The van der Waals surface area contributed by atoms with Crippen LogP contribution in [0.5, 0.6) is 0 Å². The number of likely N-dealkylation sites (tertiary alicyclic amines) is 1. The van der Waals surface area contributed by atoms with Crippen LogP contribution in [0.15, 0.2) is 42.7 Å². The summed E-state index contributed by atoms with van der Waals surface area (Å²) in [6.07, 6.45) is 4.50. The van der Waals surface area contributed by atoms with Crippen molar-refractivity contribution in [2.24, 2.45) is 0 Å². The summed E-state index contributed by atoms with van der Waals surface area (Å²) < 4.78 is 9.10. The number of ether oxygens (including phenoxy) is 1. The number of hydrogen-bond acceptors (Lipinski definition) is 8. The van der Waals surface area contributed by atoms with E-state index in [1.165, 1.54) is 0 Å². The van der Waals surface area contributed by atoms with Crippen LogP contribution in [0, 0.1) is 0 Å². The molecule has 37 heavy (non-hydrogen) atoms. The number of hydrogen-bond donors (Lipinski definition) is 1. The summed E-state index contributed by atoms with van der Waals surface area (Å²) in [4.78, 5) is 32.0. The largest absolute Gasteiger partial charge is 0.393 e. The van der Waals surface area contributed by atoms with Crippen molar-refractivity contribution in [3.63, 3.8) is 0 Å². The Bertz CT molecular complexity index is 1400. The van der Waals surface area contributed by atoms with Gasteiger partial charge in [-0.15, -0.1) is 0 Å². The molecule has 0 saturated carbocycles. The Kier molecular flexibility index (Phi) is 6.31. The standard InChI is InChI=1S/C26H30N8O3/c1-2-33-23-21(28-24(33)25(36)32-10-8-20(35)9-11-32)22(31-12-14-37-15-13-31)29-26(30-23)34-17-19(16-27-34)18-6-4-3-5-7-18/h3-7,16-17,20,35H,2,8-15H2,1H3. The van der Waals surface area contributed by atoms with Gasteiger partial charge in [-0.1, -0.05) is 30.3 Å². The normalized spacial score (nSPS) is 17.0. The minimum atomic E-state index is -0.356. The van der Waals surface area contributed by atoms with Gasteiger partial charge in [-0.3, -0.25) is 4.79 Å². The predicted molar refractivity (Wildman–Crippen MR) is 138 cm³/mol. The number of piperidine rings is 1. The second-order valence-corrected chi connectivity index (χ2v) is 9.36. The summed E-state index contributed by atoms with van der Waals surface area (Å²) in [5.74, 6) is 1.30. The van der Waals surface area contributed by atoms with Gasteiger partial charge in [0.25, 0.3) is 11.9 Å². The third kappa shape index (κ3) is 4.44. The number of carbonyl (C=O) groups excluding carboxylic acids is 1. The molecule has 2 saturated heterocycles. The number of carbonyl (C=O) groups is 1. The van der Waals surface area contributed by atoms with Crippen molar-refractivity contribution in [1.29, 1.82) is 0 Å². The van der Waals surface area contributed by atoms with Crippen LogP contribution in [0.1, 0.15) is 30.4 Å². The van der Waals surface area contributed by atoms with E-state index in [0.717, 1.165) is 11.1 Å². The highest BCUT2D eigenvalue weighted by Crippen LogP contribution is 2.28. The molecule has 192 valence electrons. The van der Waals surface area contributed by atoms with Crippen molar-refractivity contribution in [1.82, 2.24) is 34.2 Å². The molecule has 11 heteroatoms. The zero-order valence-corrected chi connectivity index (χ0v) is 20.8. The van der Waals surface area contributed by atoms with Crippen molar-refractivity contribution < 1.29 is 14.6 Å². The first-order chi connectivity index (χ1) is 18.1. The van der Waals surface area contributed by atoms with Gasteiger partial charge in [-0.05, 0) is 25.3 Å². The van der Waals surface area contributed by atoms with Crippen LogP contribution >= 0.6 is 0 Å². The topological polar surface area (TPSA) is 114 Å². The van der Waals surface area contributed by atoms with Crippen molar-refractivity contribution in [3.05, 3.63) is 48.5 Å². The minimum Gasteiger partial charge on any atom is -0.393 e. The highest BCUT2D eigenvalue weighted by molar-refractivity contribution is 5.96. The number of aromatic nitrogens is 6. The number of aliphatic hydroxyl groups is 1. The number of aliphatic hydroxyl groups excluding tert-OH is 1. The number of aryl methyl sites for hydroxylation is 1. The fourth-order valence-corrected chi connectivity index (χ4v) is 4.96. The van der Waals surface area contributed by atoms with Gasteiger partial charge < -0.3 is 24.2 Å². The molecule has 5 heterocycles. The van der Waals surface area contributed by atoms with Crippen LogP contribution in [0.3, 0.4) is 0 Å². The Balaban J connectivity index is 1.46. The molecular weight excluding hydrogens is 472 g/mol. The Morgan fingerprint density at radius 3 is 2.51 bits per heavy atom. The molecule has 0 bridgehead atoms. The summed E-state index contributed by atoms with van der Waals surface area (Å²) in [6, 6.07) is 10.0. The summed E-state index contributed by atoms with van der Waals surface area (Å²) in [5, 5.41) is 14.4. The first kappa shape index (κ1) is 23.6. The SMILES string of the molecule is CCn1c(C(=O)N2CCC(O)CC2)nc2c(N3CCOCC3)nc(-n3cc(-c4ccccc4)cn3)nc21.